The van der Waals surface area contributed by atoms with Crippen LogP contribution in [0.3, 0.4) is 0 Å². The second-order valence-corrected chi connectivity index (χ2v) is 3.47. The van der Waals surface area contributed by atoms with E-state index in [0.717, 1.165) is 5.56 Å². The summed E-state index contributed by atoms with van der Waals surface area (Å²) >= 11 is 0. The number of hydrogen-bond acceptors (Lipinski definition) is 4. The van der Waals surface area contributed by atoms with Crippen LogP contribution >= 0.6 is 0 Å². The Hall–Kier alpha value is -2.10. The Morgan fingerprint density at radius 3 is 2.72 bits per heavy atom. The fourth-order valence-corrected chi connectivity index (χ4v) is 1.33. The summed E-state index contributed by atoms with van der Waals surface area (Å²) in [5.41, 5.74) is 1.39. The monoisotopic (exact) mass is 247 g/mol. The summed E-state index contributed by atoms with van der Waals surface area (Å²) in [4.78, 5) is 16.5. The smallest absolute Gasteiger partial charge is 0.312 e. The van der Waals surface area contributed by atoms with Gasteiger partial charge in [-0.25, -0.2) is 0 Å². The standard InChI is InChI=1S/C14H17NO3/c1-3-10-18-15-13(11-14(16)17-4-2)12-8-6-5-7-9-12/h3,5-9H,1,4,10-11H2,2H3/b15-13-. The Bertz CT molecular complexity index is 412. The molecule has 0 bridgehead atoms. The van der Waals surface area contributed by atoms with Gasteiger partial charge in [0.25, 0.3) is 0 Å². The van der Waals surface area contributed by atoms with Crippen molar-refractivity contribution in [3.8, 4) is 0 Å². The minimum atomic E-state index is -0.317. The van der Waals surface area contributed by atoms with Crippen LogP contribution in [0.5, 0.6) is 0 Å². The van der Waals surface area contributed by atoms with Gasteiger partial charge in [-0.05, 0) is 12.5 Å². The Morgan fingerprint density at radius 1 is 1.39 bits per heavy atom. The molecule has 1 aromatic rings. The molecule has 96 valence electrons. The van der Waals surface area contributed by atoms with Crippen LogP contribution in [0.4, 0.5) is 0 Å². The van der Waals surface area contributed by atoms with E-state index in [1.54, 1.807) is 13.0 Å². The molecule has 4 nitrogen and oxygen atoms in total. The number of carbonyl (C=O) groups is 1. The van der Waals surface area contributed by atoms with Crippen LogP contribution in [-0.2, 0) is 14.4 Å². The maximum atomic E-state index is 11.5. The lowest BCUT2D eigenvalue weighted by molar-refractivity contribution is -0.141. The van der Waals surface area contributed by atoms with Gasteiger partial charge in [-0.15, -0.1) is 0 Å². The number of ether oxygens (including phenoxy) is 1. The minimum absolute atomic E-state index is 0.0923. The number of oxime groups is 1. The van der Waals surface area contributed by atoms with Crippen LogP contribution in [-0.4, -0.2) is 24.9 Å². The van der Waals surface area contributed by atoms with Gasteiger partial charge in [-0.3, -0.25) is 4.79 Å². The van der Waals surface area contributed by atoms with Gasteiger partial charge in [0.15, 0.2) is 0 Å². The molecular weight excluding hydrogens is 230 g/mol. The van der Waals surface area contributed by atoms with E-state index in [1.165, 1.54) is 0 Å². The Kier molecular flexibility index (Phi) is 6.25. The van der Waals surface area contributed by atoms with Crippen LogP contribution in [0.25, 0.3) is 0 Å². The van der Waals surface area contributed by atoms with Crippen molar-refractivity contribution in [3.05, 3.63) is 48.6 Å². The molecule has 0 N–H and O–H groups in total. The minimum Gasteiger partial charge on any atom is -0.466 e. The summed E-state index contributed by atoms with van der Waals surface area (Å²) in [5, 5.41) is 3.95. The van der Waals surface area contributed by atoms with E-state index in [2.05, 4.69) is 11.7 Å². The van der Waals surface area contributed by atoms with Gasteiger partial charge in [0.2, 0.25) is 0 Å². The predicted molar refractivity (Wildman–Crippen MR) is 70.4 cm³/mol. The maximum absolute atomic E-state index is 11.5. The summed E-state index contributed by atoms with van der Waals surface area (Å²) < 4.78 is 4.90. The number of carbonyl (C=O) groups excluding carboxylic acids is 1. The molecule has 0 spiro atoms. The maximum Gasteiger partial charge on any atom is 0.312 e. The zero-order valence-electron chi connectivity index (χ0n) is 10.5. The number of benzene rings is 1. The first-order chi connectivity index (χ1) is 8.77. The number of esters is 1. The van der Waals surface area contributed by atoms with Crippen molar-refractivity contribution in [2.24, 2.45) is 5.16 Å². The van der Waals surface area contributed by atoms with Crippen molar-refractivity contribution in [1.82, 2.24) is 0 Å². The molecule has 0 aliphatic heterocycles. The summed E-state index contributed by atoms with van der Waals surface area (Å²) in [6, 6.07) is 9.40. The van der Waals surface area contributed by atoms with Gasteiger partial charge in [0.1, 0.15) is 6.61 Å². The summed E-state index contributed by atoms with van der Waals surface area (Å²) in [7, 11) is 0. The third-order valence-corrected chi connectivity index (χ3v) is 2.09. The van der Waals surface area contributed by atoms with Crippen LogP contribution < -0.4 is 0 Å². The van der Waals surface area contributed by atoms with Gasteiger partial charge in [0, 0.05) is 0 Å². The fourth-order valence-electron chi connectivity index (χ4n) is 1.33. The van der Waals surface area contributed by atoms with Crippen molar-refractivity contribution in [2.45, 2.75) is 13.3 Å². The molecule has 0 unspecified atom stereocenters. The van der Waals surface area contributed by atoms with Gasteiger partial charge in [-0.2, -0.15) is 0 Å². The van der Waals surface area contributed by atoms with E-state index in [0.29, 0.717) is 18.9 Å². The molecule has 0 atom stereocenters. The van der Waals surface area contributed by atoms with Gasteiger partial charge < -0.3 is 9.57 Å². The SMILES string of the molecule is C=CCO/N=C(/CC(=O)OCC)c1ccccc1. The predicted octanol–water partition coefficient (Wildman–Crippen LogP) is 2.55. The number of rotatable bonds is 7. The van der Waals surface area contributed by atoms with E-state index < -0.39 is 0 Å². The first-order valence-electron chi connectivity index (χ1n) is 5.78. The van der Waals surface area contributed by atoms with Crippen molar-refractivity contribution in [2.75, 3.05) is 13.2 Å². The zero-order valence-corrected chi connectivity index (χ0v) is 10.5. The van der Waals surface area contributed by atoms with E-state index >= 15 is 0 Å². The van der Waals surface area contributed by atoms with Crippen LogP contribution in [0.15, 0.2) is 48.1 Å². The molecule has 0 saturated heterocycles. The molecule has 0 saturated carbocycles. The van der Waals surface area contributed by atoms with Crippen molar-refractivity contribution in [3.63, 3.8) is 0 Å². The largest absolute Gasteiger partial charge is 0.466 e. The molecule has 4 heteroatoms. The Balaban J connectivity index is 2.78. The lowest BCUT2D eigenvalue weighted by Gasteiger charge is -2.06. The summed E-state index contributed by atoms with van der Waals surface area (Å²) in [6.45, 7) is 5.96. The third kappa shape index (κ3) is 4.82. The van der Waals surface area contributed by atoms with E-state index in [4.69, 9.17) is 9.57 Å². The van der Waals surface area contributed by atoms with E-state index in [9.17, 15) is 4.79 Å². The van der Waals surface area contributed by atoms with Gasteiger partial charge in [-0.1, -0.05) is 48.1 Å². The molecule has 0 amide bonds. The lowest BCUT2D eigenvalue weighted by atomic mass is 10.1. The van der Waals surface area contributed by atoms with Crippen molar-refractivity contribution < 1.29 is 14.4 Å². The Morgan fingerprint density at radius 2 is 2.11 bits per heavy atom. The molecule has 0 radical (unpaired) electrons. The molecule has 0 aromatic heterocycles. The van der Waals surface area contributed by atoms with Crippen LogP contribution in [0, 0.1) is 0 Å². The summed E-state index contributed by atoms with van der Waals surface area (Å²) in [5.74, 6) is -0.317. The second-order valence-electron chi connectivity index (χ2n) is 3.47. The first-order valence-corrected chi connectivity index (χ1v) is 5.78. The highest BCUT2D eigenvalue weighted by Crippen LogP contribution is 2.06. The van der Waals surface area contributed by atoms with Crippen molar-refractivity contribution in [1.29, 1.82) is 0 Å². The van der Waals surface area contributed by atoms with Crippen LogP contribution in [0.1, 0.15) is 18.9 Å². The summed E-state index contributed by atoms with van der Waals surface area (Å²) in [6.07, 6.45) is 1.69. The third-order valence-electron chi connectivity index (χ3n) is 2.09. The molecule has 18 heavy (non-hydrogen) atoms. The highest BCUT2D eigenvalue weighted by molar-refractivity contribution is 6.09. The van der Waals surface area contributed by atoms with Crippen molar-refractivity contribution >= 4 is 11.7 Å². The fraction of sp³-hybridized carbons (Fsp3) is 0.286. The number of hydrogen-bond donors (Lipinski definition) is 0. The Labute approximate surface area is 107 Å². The number of nitrogens with zero attached hydrogens (tertiary/aromatic N) is 1. The van der Waals surface area contributed by atoms with E-state index in [-0.39, 0.29) is 12.4 Å². The molecule has 0 aliphatic carbocycles. The van der Waals surface area contributed by atoms with Gasteiger partial charge >= 0.3 is 5.97 Å². The van der Waals surface area contributed by atoms with Gasteiger partial charge in [0.05, 0.1) is 18.7 Å². The first kappa shape index (κ1) is 14.0. The quantitative estimate of drug-likeness (QED) is 0.244. The van der Waals surface area contributed by atoms with E-state index in [1.807, 2.05) is 30.3 Å². The average molecular weight is 247 g/mol. The second kappa shape index (κ2) is 8.06. The molecule has 1 aromatic carbocycles. The normalized spacial score (nSPS) is 10.8. The molecule has 0 aliphatic rings. The molecule has 0 heterocycles. The highest BCUT2D eigenvalue weighted by atomic mass is 16.6. The highest BCUT2D eigenvalue weighted by Gasteiger charge is 2.11. The lowest BCUT2D eigenvalue weighted by Crippen LogP contribution is -2.13. The average Bonchev–Trinajstić information content (AvgIpc) is 2.39. The zero-order chi connectivity index (χ0) is 13.2. The molecule has 0 fully saturated rings. The molecule has 1 rings (SSSR count). The topological polar surface area (TPSA) is 47.9 Å². The van der Waals surface area contributed by atoms with Crippen LogP contribution in [0.2, 0.25) is 0 Å². The molecular formula is C14H17NO3.